The van der Waals surface area contributed by atoms with Crippen molar-refractivity contribution < 1.29 is 14.3 Å². The lowest BCUT2D eigenvalue weighted by Gasteiger charge is -2.38. The minimum absolute atomic E-state index is 0.0892. The number of rotatable bonds is 6. The van der Waals surface area contributed by atoms with Crippen molar-refractivity contribution in [2.75, 3.05) is 26.5 Å². The number of hydrogen-bond donors (Lipinski definition) is 0. The number of methoxy groups -OCH3 is 2. The van der Waals surface area contributed by atoms with E-state index in [9.17, 15) is 4.79 Å². The average molecular weight is 474 g/mol. The zero-order chi connectivity index (χ0) is 23.7. The number of carbonyl (C=O) groups excluding carboxylic acids is 1. The fraction of sp³-hybridized carbons (Fsp3) is 0.259. The molecule has 3 aromatic carbocycles. The Morgan fingerprint density at radius 1 is 1.03 bits per heavy atom. The summed E-state index contributed by atoms with van der Waals surface area (Å²) in [5.74, 6) is 1.80. The molecule has 0 saturated heterocycles. The number of amides is 1. The molecule has 0 unspecified atom stereocenters. The molecule has 0 aliphatic carbocycles. The fourth-order valence-electron chi connectivity index (χ4n) is 4.67. The van der Waals surface area contributed by atoms with Crippen molar-refractivity contribution in [1.29, 1.82) is 0 Å². The van der Waals surface area contributed by atoms with Crippen molar-refractivity contribution in [3.05, 3.63) is 83.4 Å². The molecule has 0 N–H and O–H groups in total. The summed E-state index contributed by atoms with van der Waals surface area (Å²) in [6.45, 7) is 0.643. The molecule has 0 bridgehead atoms. The molecule has 34 heavy (non-hydrogen) atoms. The molecule has 1 atom stereocenters. The van der Waals surface area contributed by atoms with Gasteiger partial charge in [0.2, 0.25) is 5.91 Å². The van der Waals surface area contributed by atoms with Gasteiger partial charge in [-0.2, -0.15) is 0 Å². The van der Waals surface area contributed by atoms with Gasteiger partial charge in [-0.25, -0.2) is 4.98 Å². The number of nitrogens with zero attached hydrogens (tertiary/aromatic N) is 3. The highest BCUT2D eigenvalue weighted by molar-refractivity contribution is 7.99. The Morgan fingerprint density at radius 2 is 1.74 bits per heavy atom. The first-order chi connectivity index (χ1) is 16.6. The highest BCUT2D eigenvalue weighted by atomic mass is 32.2. The maximum absolute atomic E-state index is 13.6. The first-order valence-corrected chi connectivity index (χ1v) is 12.2. The van der Waals surface area contributed by atoms with Gasteiger partial charge < -0.3 is 18.9 Å². The van der Waals surface area contributed by atoms with E-state index in [2.05, 4.69) is 12.1 Å². The molecule has 5 rings (SSSR count). The molecule has 174 valence electrons. The monoisotopic (exact) mass is 473 g/mol. The molecule has 4 aromatic rings. The SMILES string of the molecule is COc1cc2c(cc1OC)[C@H](c1ccccc1)N(C(=O)CSc1nc3ccccc3n1C)CC2. The topological polar surface area (TPSA) is 56.6 Å². The Morgan fingerprint density at radius 3 is 2.47 bits per heavy atom. The lowest BCUT2D eigenvalue weighted by atomic mass is 9.87. The molecular formula is C27H27N3O3S. The molecule has 1 aliphatic heterocycles. The number of imidazole rings is 1. The van der Waals surface area contributed by atoms with Crippen LogP contribution in [0.1, 0.15) is 22.7 Å². The van der Waals surface area contributed by atoms with Gasteiger partial charge in [-0.15, -0.1) is 0 Å². The Bertz CT molecular complexity index is 1340. The number of aromatic nitrogens is 2. The van der Waals surface area contributed by atoms with Gasteiger partial charge in [0.15, 0.2) is 16.7 Å². The van der Waals surface area contributed by atoms with Gasteiger partial charge in [0.25, 0.3) is 0 Å². The van der Waals surface area contributed by atoms with E-state index in [4.69, 9.17) is 14.5 Å². The number of fused-ring (bicyclic) bond motifs is 2. The summed E-state index contributed by atoms with van der Waals surface area (Å²) in [5, 5.41) is 0.842. The van der Waals surface area contributed by atoms with Gasteiger partial charge in [0, 0.05) is 13.6 Å². The molecule has 6 nitrogen and oxygen atoms in total. The van der Waals surface area contributed by atoms with Gasteiger partial charge in [0.05, 0.1) is 37.0 Å². The Hall–Kier alpha value is -3.45. The normalized spacial score (nSPS) is 15.3. The Balaban J connectivity index is 1.46. The Kier molecular flexibility index (Phi) is 6.20. The molecule has 0 radical (unpaired) electrons. The highest BCUT2D eigenvalue weighted by Crippen LogP contribution is 2.41. The smallest absolute Gasteiger partial charge is 0.233 e. The van der Waals surface area contributed by atoms with E-state index in [0.717, 1.165) is 33.7 Å². The number of para-hydroxylation sites is 2. The van der Waals surface area contributed by atoms with Crippen LogP contribution in [0.15, 0.2) is 71.9 Å². The van der Waals surface area contributed by atoms with Crippen LogP contribution in [-0.4, -0.2) is 46.9 Å². The molecular weight excluding hydrogens is 446 g/mol. The molecule has 0 fully saturated rings. The average Bonchev–Trinajstić information content (AvgIpc) is 3.21. The van der Waals surface area contributed by atoms with E-state index in [1.54, 1.807) is 14.2 Å². The van der Waals surface area contributed by atoms with Gasteiger partial charge in [-0.1, -0.05) is 54.2 Å². The maximum atomic E-state index is 13.6. The zero-order valence-electron chi connectivity index (χ0n) is 19.5. The van der Waals surface area contributed by atoms with Crippen molar-refractivity contribution in [3.63, 3.8) is 0 Å². The summed E-state index contributed by atoms with van der Waals surface area (Å²) in [4.78, 5) is 20.3. The Labute approximate surface area is 203 Å². The van der Waals surface area contributed by atoms with E-state index in [-0.39, 0.29) is 11.9 Å². The number of hydrogen-bond acceptors (Lipinski definition) is 5. The number of carbonyl (C=O) groups is 1. The van der Waals surface area contributed by atoms with Gasteiger partial charge >= 0.3 is 0 Å². The first kappa shape index (κ1) is 22.3. The predicted octanol–water partition coefficient (Wildman–Crippen LogP) is 4.86. The van der Waals surface area contributed by atoms with Crippen LogP contribution in [0.4, 0.5) is 0 Å². The second-order valence-corrected chi connectivity index (χ2v) is 9.23. The lowest BCUT2D eigenvalue weighted by molar-refractivity contribution is -0.130. The molecule has 0 saturated carbocycles. The minimum Gasteiger partial charge on any atom is -0.493 e. The third-order valence-electron chi connectivity index (χ3n) is 6.38. The molecule has 0 spiro atoms. The van der Waals surface area contributed by atoms with Crippen LogP contribution in [0.3, 0.4) is 0 Å². The summed E-state index contributed by atoms with van der Waals surface area (Å²) < 4.78 is 13.2. The second kappa shape index (κ2) is 9.43. The van der Waals surface area contributed by atoms with Crippen LogP contribution < -0.4 is 9.47 Å². The number of benzene rings is 3. The highest BCUT2D eigenvalue weighted by Gasteiger charge is 2.33. The summed E-state index contributed by atoms with van der Waals surface area (Å²) in [5.41, 5.74) is 5.34. The first-order valence-electron chi connectivity index (χ1n) is 11.2. The molecule has 2 heterocycles. The van der Waals surface area contributed by atoms with Crippen LogP contribution in [-0.2, 0) is 18.3 Å². The lowest BCUT2D eigenvalue weighted by Crippen LogP contribution is -2.41. The van der Waals surface area contributed by atoms with Crippen molar-refractivity contribution >= 4 is 28.7 Å². The van der Waals surface area contributed by atoms with Gasteiger partial charge in [-0.05, 0) is 47.4 Å². The standard InChI is InChI=1S/C27H27N3O3S/c1-29-22-12-8-7-11-21(22)28-27(29)34-17-25(31)30-14-13-19-15-23(32-2)24(33-3)16-20(19)26(30)18-9-5-4-6-10-18/h4-12,15-16,26H,13-14,17H2,1-3H3/t26-/m0/s1. The van der Waals surface area contributed by atoms with E-state index in [1.807, 2.05) is 71.1 Å². The fourth-order valence-corrected chi connectivity index (χ4v) is 5.54. The van der Waals surface area contributed by atoms with Crippen molar-refractivity contribution in [2.24, 2.45) is 7.05 Å². The maximum Gasteiger partial charge on any atom is 0.233 e. The van der Waals surface area contributed by atoms with E-state index >= 15 is 0 Å². The number of ether oxygens (including phenoxy) is 2. The molecule has 1 aromatic heterocycles. The van der Waals surface area contributed by atoms with Crippen LogP contribution in [0, 0.1) is 0 Å². The van der Waals surface area contributed by atoms with Crippen molar-refractivity contribution in [1.82, 2.24) is 14.5 Å². The molecule has 7 heteroatoms. The van der Waals surface area contributed by atoms with E-state index in [1.165, 1.54) is 17.3 Å². The van der Waals surface area contributed by atoms with Crippen molar-refractivity contribution in [2.45, 2.75) is 17.6 Å². The number of aryl methyl sites for hydroxylation is 1. The van der Waals surface area contributed by atoms with Gasteiger partial charge in [0.1, 0.15) is 0 Å². The van der Waals surface area contributed by atoms with E-state index < -0.39 is 0 Å². The van der Waals surface area contributed by atoms with Crippen LogP contribution >= 0.6 is 11.8 Å². The summed E-state index contributed by atoms with van der Waals surface area (Å²) in [7, 11) is 5.28. The largest absolute Gasteiger partial charge is 0.493 e. The summed E-state index contributed by atoms with van der Waals surface area (Å²) in [6.07, 6.45) is 0.766. The molecule has 1 amide bonds. The third kappa shape index (κ3) is 4.01. The van der Waals surface area contributed by atoms with Crippen LogP contribution in [0.5, 0.6) is 11.5 Å². The van der Waals surface area contributed by atoms with Crippen LogP contribution in [0.25, 0.3) is 11.0 Å². The minimum atomic E-state index is -0.182. The van der Waals surface area contributed by atoms with Crippen molar-refractivity contribution in [3.8, 4) is 11.5 Å². The van der Waals surface area contributed by atoms with Crippen LogP contribution in [0.2, 0.25) is 0 Å². The molecule has 1 aliphatic rings. The third-order valence-corrected chi connectivity index (χ3v) is 7.39. The zero-order valence-corrected chi connectivity index (χ0v) is 20.3. The van der Waals surface area contributed by atoms with E-state index in [0.29, 0.717) is 23.8 Å². The predicted molar refractivity (Wildman–Crippen MR) is 135 cm³/mol. The summed E-state index contributed by atoms with van der Waals surface area (Å²) >= 11 is 1.48. The second-order valence-electron chi connectivity index (χ2n) is 8.29. The van der Waals surface area contributed by atoms with Gasteiger partial charge in [-0.3, -0.25) is 4.79 Å². The quantitative estimate of drug-likeness (QED) is 0.375. The number of thioether (sulfide) groups is 1. The summed E-state index contributed by atoms with van der Waals surface area (Å²) in [6, 6.07) is 22.1.